The largest absolute Gasteiger partial charge is 0.272 e. The molecule has 1 aliphatic heterocycles. The zero-order valence-corrected chi connectivity index (χ0v) is 17.1. The Balaban J connectivity index is 1.20. The van der Waals surface area contributed by atoms with E-state index in [-0.39, 0.29) is 17.9 Å². The minimum atomic E-state index is -0.124. The summed E-state index contributed by atoms with van der Waals surface area (Å²) >= 11 is 0. The van der Waals surface area contributed by atoms with Crippen molar-refractivity contribution < 1.29 is 9.63 Å². The molecular formula is C22H26N6O2. The van der Waals surface area contributed by atoms with Crippen molar-refractivity contribution in [1.82, 2.24) is 29.6 Å². The van der Waals surface area contributed by atoms with Gasteiger partial charge in [-0.15, -0.1) is 0 Å². The van der Waals surface area contributed by atoms with E-state index in [2.05, 4.69) is 39.2 Å². The van der Waals surface area contributed by atoms with E-state index in [1.165, 1.54) is 5.56 Å². The number of aryl methyl sites for hydroxylation is 1. The maximum absolute atomic E-state index is 13.1. The average Bonchev–Trinajstić information content (AvgIpc) is 3.44. The molecule has 0 radical (unpaired) electrons. The first kappa shape index (κ1) is 19.1. The maximum atomic E-state index is 13.1. The van der Waals surface area contributed by atoms with Crippen molar-refractivity contribution in [2.75, 3.05) is 6.61 Å². The van der Waals surface area contributed by atoms with Crippen molar-refractivity contribution in [3.8, 4) is 0 Å². The number of hydrogen-bond acceptors (Lipinski definition) is 6. The summed E-state index contributed by atoms with van der Waals surface area (Å²) in [7, 11) is 0. The molecule has 3 aromatic rings. The van der Waals surface area contributed by atoms with Gasteiger partial charge in [0.15, 0.2) is 5.65 Å². The molecule has 8 nitrogen and oxygen atoms in total. The molecule has 1 saturated heterocycles. The molecule has 0 aromatic carbocycles. The van der Waals surface area contributed by atoms with Crippen LogP contribution in [0.1, 0.15) is 55.0 Å². The standard InChI is InChI=1S/C22H26N6O2/c1-15-10-17(13-27-21(15)25-14-26-27)11-16-2-4-18(5-3-16)22(29)28-20(6-9-30-28)19-12-23-7-8-24-19/h7-8,10,12-14,16,18,20H,2-6,9,11H2,1H3/t16?,18?,20-/m0/s1. The average molecular weight is 406 g/mol. The summed E-state index contributed by atoms with van der Waals surface area (Å²) in [5.41, 5.74) is 4.15. The highest BCUT2D eigenvalue weighted by atomic mass is 16.7. The fraction of sp³-hybridized carbons (Fsp3) is 0.500. The number of carbonyl (C=O) groups is 1. The number of fused-ring (bicyclic) bond motifs is 1. The third-order valence-corrected chi connectivity index (χ3v) is 6.38. The quantitative estimate of drug-likeness (QED) is 0.662. The van der Waals surface area contributed by atoms with Crippen LogP contribution in [0.15, 0.2) is 37.2 Å². The molecule has 5 rings (SSSR count). The van der Waals surface area contributed by atoms with Gasteiger partial charge in [-0.25, -0.2) is 14.6 Å². The van der Waals surface area contributed by atoms with Gasteiger partial charge in [0.25, 0.3) is 0 Å². The van der Waals surface area contributed by atoms with Crippen LogP contribution in [0.5, 0.6) is 0 Å². The summed E-state index contributed by atoms with van der Waals surface area (Å²) in [6, 6.07) is 2.09. The van der Waals surface area contributed by atoms with Crippen LogP contribution < -0.4 is 0 Å². The normalized spacial score (nSPS) is 24.4. The number of hydrogen-bond donors (Lipinski definition) is 0. The molecule has 1 aliphatic carbocycles. The third-order valence-electron chi connectivity index (χ3n) is 6.38. The van der Waals surface area contributed by atoms with Crippen LogP contribution in [-0.2, 0) is 16.1 Å². The van der Waals surface area contributed by atoms with Crippen LogP contribution in [0.25, 0.3) is 5.65 Å². The topological polar surface area (TPSA) is 85.5 Å². The first-order chi connectivity index (χ1) is 14.7. The summed E-state index contributed by atoms with van der Waals surface area (Å²) in [4.78, 5) is 31.7. The van der Waals surface area contributed by atoms with Crippen molar-refractivity contribution in [2.24, 2.45) is 11.8 Å². The molecule has 0 N–H and O–H groups in total. The van der Waals surface area contributed by atoms with Gasteiger partial charge in [0.2, 0.25) is 5.91 Å². The lowest BCUT2D eigenvalue weighted by Gasteiger charge is -2.31. The Morgan fingerprint density at radius 3 is 2.83 bits per heavy atom. The number of pyridine rings is 1. The predicted octanol–water partition coefficient (Wildman–Crippen LogP) is 3.08. The summed E-state index contributed by atoms with van der Waals surface area (Å²) in [5, 5.41) is 5.84. The number of amides is 1. The Labute approximate surface area is 175 Å². The van der Waals surface area contributed by atoms with E-state index in [0.29, 0.717) is 12.5 Å². The van der Waals surface area contributed by atoms with Gasteiger partial charge in [-0.2, -0.15) is 5.10 Å². The molecule has 2 fully saturated rings. The first-order valence-electron chi connectivity index (χ1n) is 10.7. The second-order valence-corrected chi connectivity index (χ2v) is 8.41. The fourth-order valence-corrected chi connectivity index (χ4v) is 4.84. The van der Waals surface area contributed by atoms with Gasteiger partial charge in [-0.3, -0.25) is 19.6 Å². The first-order valence-corrected chi connectivity index (χ1v) is 10.7. The lowest BCUT2D eigenvalue weighted by molar-refractivity contribution is -0.183. The van der Waals surface area contributed by atoms with Crippen LogP contribution in [0.3, 0.4) is 0 Å². The van der Waals surface area contributed by atoms with E-state index in [4.69, 9.17) is 4.84 Å². The van der Waals surface area contributed by atoms with Crippen molar-refractivity contribution in [2.45, 2.75) is 51.5 Å². The van der Waals surface area contributed by atoms with Gasteiger partial charge in [0.1, 0.15) is 12.4 Å². The number of nitrogens with zero attached hydrogens (tertiary/aromatic N) is 6. The molecule has 0 unspecified atom stereocenters. The van der Waals surface area contributed by atoms with Crippen molar-refractivity contribution in [1.29, 1.82) is 0 Å². The monoisotopic (exact) mass is 406 g/mol. The smallest absolute Gasteiger partial charge is 0.249 e. The molecule has 1 amide bonds. The van der Waals surface area contributed by atoms with Crippen LogP contribution in [-0.4, -0.2) is 42.1 Å². The van der Waals surface area contributed by atoms with E-state index in [0.717, 1.165) is 55.4 Å². The lowest BCUT2D eigenvalue weighted by atomic mass is 9.79. The summed E-state index contributed by atoms with van der Waals surface area (Å²) < 4.78 is 1.86. The van der Waals surface area contributed by atoms with Crippen LogP contribution in [0.2, 0.25) is 0 Å². The van der Waals surface area contributed by atoms with Gasteiger partial charge < -0.3 is 0 Å². The van der Waals surface area contributed by atoms with Crippen LogP contribution in [0, 0.1) is 18.8 Å². The number of hydroxylamine groups is 2. The summed E-state index contributed by atoms with van der Waals surface area (Å²) in [6.07, 6.45) is 14.4. The minimum Gasteiger partial charge on any atom is -0.272 e. The SMILES string of the molecule is Cc1cc(CC2CCC(C(=O)N3OCC[C@H]3c3cnccn3)CC2)cn2ncnc12. The maximum Gasteiger partial charge on any atom is 0.249 e. The number of aromatic nitrogens is 5. The Kier molecular flexibility index (Phi) is 5.16. The fourth-order valence-electron chi connectivity index (χ4n) is 4.84. The molecule has 1 atom stereocenters. The second kappa shape index (κ2) is 8.10. The van der Waals surface area contributed by atoms with Gasteiger partial charge >= 0.3 is 0 Å². The minimum absolute atomic E-state index is 0.0260. The Bertz CT molecular complexity index is 1030. The highest BCUT2D eigenvalue weighted by Gasteiger charge is 2.37. The molecule has 156 valence electrons. The molecule has 8 heteroatoms. The summed E-state index contributed by atoms with van der Waals surface area (Å²) in [6.45, 7) is 2.62. The van der Waals surface area contributed by atoms with Crippen molar-refractivity contribution in [3.05, 3.63) is 54.0 Å². The Hall–Kier alpha value is -2.87. The number of carbonyl (C=O) groups excluding carboxylic acids is 1. The second-order valence-electron chi connectivity index (χ2n) is 8.41. The van der Waals surface area contributed by atoms with E-state index < -0.39 is 0 Å². The Morgan fingerprint density at radius 2 is 2.03 bits per heavy atom. The number of rotatable bonds is 4. The van der Waals surface area contributed by atoms with E-state index in [1.807, 2.05) is 4.52 Å². The molecule has 4 heterocycles. The molecule has 0 spiro atoms. The molecule has 1 saturated carbocycles. The van der Waals surface area contributed by atoms with Crippen molar-refractivity contribution >= 4 is 11.6 Å². The predicted molar refractivity (Wildman–Crippen MR) is 109 cm³/mol. The Morgan fingerprint density at radius 1 is 1.17 bits per heavy atom. The van der Waals surface area contributed by atoms with Gasteiger partial charge in [-0.05, 0) is 56.1 Å². The van der Waals surface area contributed by atoms with Gasteiger partial charge in [-0.1, -0.05) is 6.07 Å². The van der Waals surface area contributed by atoms with E-state index >= 15 is 0 Å². The van der Waals surface area contributed by atoms with Crippen molar-refractivity contribution in [3.63, 3.8) is 0 Å². The molecule has 0 bridgehead atoms. The zero-order valence-electron chi connectivity index (χ0n) is 17.1. The molecule has 30 heavy (non-hydrogen) atoms. The summed E-state index contributed by atoms with van der Waals surface area (Å²) in [5.74, 6) is 0.712. The van der Waals surface area contributed by atoms with Gasteiger partial charge in [0, 0.05) is 30.9 Å². The zero-order chi connectivity index (χ0) is 20.5. The third kappa shape index (κ3) is 3.67. The molecule has 2 aliphatic rings. The van der Waals surface area contributed by atoms with E-state index in [9.17, 15) is 4.79 Å². The highest BCUT2D eigenvalue weighted by Crippen LogP contribution is 2.36. The lowest BCUT2D eigenvalue weighted by Crippen LogP contribution is -2.37. The molecule has 3 aromatic heterocycles. The van der Waals surface area contributed by atoms with Crippen LogP contribution in [0.4, 0.5) is 0 Å². The van der Waals surface area contributed by atoms with Crippen LogP contribution >= 0.6 is 0 Å². The van der Waals surface area contributed by atoms with E-state index in [1.54, 1.807) is 30.0 Å². The molecular weight excluding hydrogens is 380 g/mol. The van der Waals surface area contributed by atoms with Gasteiger partial charge in [0.05, 0.1) is 18.5 Å². The highest BCUT2D eigenvalue weighted by molar-refractivity contribution is 5.78.